The van der Waals surface area contributed by atoms with Crippen molar-refractivity contribution in [2.24, 2.45) is 7.05 Å². The SMILES string of the molecule is CCCOc1nc(N)nc(Oc2cc(C)nn2C)n1. The molecule has 0 aromatic carbocycles. The van der Waals surface area contributed by atoms with Crippen molar-refractivity contribution in [2.75, 3.05) is 12.3 Å². The molecule has 0 aliphatic rings. The number of nitrogen functional groups attached to an aromatic ring is 1. The van der Waals surface area contributed by atoms with Gasteiger partial charge in [-0.15, -0.1) is 4.98 Å². The van der Waals surface area contributed by atoms with Gasteiger partial charge in [-0.1, -0.05) is 6.92 Å². The van der Waals surface area contributed by atoms with Gasteiger partial charge in [-0.25, -0.2) is 4.68 Å². The van der Waals surface area contributed by atoms with E-state index in [1.54, 1.807) is 17.8 Å². The molecule has 8 nitrogen and oxygen atoms in total. The van der Waals surface area contributed by atoms with Crippen molar-refractivity contribution in [3.8, 4) is 17.9 Å². The number of hydrogen-bond acceptors (Lipinski definition) is 7. The second-order valence-electron chi connectivity index (χ2n) is 3.96. The van der Waals surface area contributed by atoms with Crippen LogP contribution in [-0.4, -0.2) is 31.3 Å². The number of nitrogens with zero attached hydrogens (tertiary/aromatic N) is 5. The highest BCUT2D eigenvalue weighted by atomic mass is 16.5. The van der Waals surface area contributed by atoms with Crippen molar-refractivity contribution in [1.82, 2.24) is 24.7 Å². The van der Waals surface area contributed by atoms with Gasteiger partial charge in [0, 0.05) is 13.1 Å². The lowest BCUT2D eigenvalue weighted by Gasteiger charge is -2.06. The molecule has 0 radical (unpaired) electrons. The summed E-state index contributed by atoms with van der Waals surface area (Å²) in [6.07, 6.45) is 0.850. The summed E-state index contributed by atoms with van der Waals surface area (Å²) in [7, 11) is 1.77. The van der Waals surface area contributed by atoms with Crippen LogP contribution in [0.4, 0.5) is 5.95 Å². The topological polar surface area (TPSA) is 101 Å². The summed E-state index contributed by atoms with van der Waals surface area (Å²) in [5.74, 6) is 0.569. The predicted molar refractivity (Wildman–Crippen MR) is 68.0 cm³/mol. The fraction of sp³-hybridized carbons (Fsp3) is 0.455. The number of hydrogen-bond donors (Lipinski definition) is 1. The van der Waals surface area contributed by atoms with E-state index in [0.29, 0.717) is 12.5 Å². The molecule has 8 heteroatoms. The molecule has 0 amide bonds. The van der Waals surface area contributed by atoms with Crippen molar-refractivity contribution < 1.29 is 9.47 Å². The largest absolute Gasteiger partial charge is 0.463 e. The second-order valence-corrected chi connectivity index (χ2v) is 3.96. The Labute approximate surface area is 110 Å². The van der Waals surface area contributed by atoms with Gasteiger partial charge < -0.3 is 15.2 Å². The van der Waals surface area contributed by atoms with Crippen molar-refractivity contribution in [3.05, 3.63) is 11.8 Å². The van der Waals surface area contributed by atoms with E-state index < -0.39 is 0 Å². The molecule has 2 aromatic heterocycles. The molecule has 2 aromatic rings. The Kier molecular flexibility index (Phi) is 3.79. The van der Waals surface area contributed by atoms with E-state index >= 15 is 0 Å². The molecular formula is C11H16N6O2. The van der Waals surface area contributed by atoms with Crippen LogP contribution in [0.5, 0.6) is 17.9 Å². The minimum atomic E-state index is 0.0509. The van der Waals surface area contributed by atoms with Crippen LogP contribution in [0.1, 0.15) is 19.0 Å². The summed E-state index contributed by atoms with van der Waals surface area (Å²) >= 11 is 0. The smallest absolute Gasteiger partial charge is 0.331 e. The third-order valence-corrected chi connectivity index (χ3v) is 2.20. The monoisotopic (exact) mass is 264 g/mol. The Morgan fingerprint density at radius 2 is 2.00 bits per heavy atom. The molecule has 2 rings (SSSR count). The van der Waals surface area contributed by atoms with Crippen molar-refractivity contribution >= 4 is 5.95 Å². The molecule has 0 spiro atoms. The maximum absolute atomic E-state index is 5.58. The molecular weight excluding hydrogens is 248 g/mol. The summed E-state index contributed by atoms with van der Waals surface area (Å²) in [6.45, 7) is 4.36. The van der Waals surface area contributed by atoms with Gasteiger partial charge in [0.1, 0.15) is 0 Å². The first-order chi connectivity index (χ1) is 9.08. The number of rotatable bonds is 5. The zero-order chi connectivity index (χ0) is 13.8. The molecule has 2 N–H and O–H groups in total. The van der Waals surface area contributed by atoms with Crippen LogP contribution < -0.4 is 15.2 Å². The molecule has 102 valence electrons. The van der Waals surface area contributed by atoms with Crippen LogP contribution in [0.2, 0.25) is 0 Å². The Hall–Kier alpha value is -2.38. The first-order valence-electron chi connectivity index (χ1n) is 5.91. The highest BCUT2D eigenvalue weighted by Crippen LogP contribution is 2.20. The zero-order valence-corrected chi connectivity index (χ0v) is 11.1. The first kappa shape index (κ1) is 13.1. The first-order valence-corrected chi connectivity index (χ1v) is 5.91. The molecule has 0 saturated heterocycles. The van der Waals surface area contributed by atoms with E-state index in [4.69, 9.17) is 15.2 Å². The van der Waals surface area contributed by atoms with Gasteiger partial charge >= 0.3 is 12.0 Å². The standard InChI is InChI=1S/C11H16N6O2/c1-4-5-18-10-13-9(12)14-11(15-10)19-8-6-7(2)16-17(8)3/h6H,4-5H2,1-3H3,(H2,12,13,14,15). The molecule has 19 heavy (non-hydrogen) atoms. The average Bonchev–Trinajstić information content (AvgIpc) is 2.64. The summed E-state index contributed by atoms with van der Waals surface area (Å²) in [4.78, 5) is 11.8. The Morgan fingerprint density at radius 3 is 2.63 bits per heavy atom. The van der Waals surface area contributed by atoms with Gasteiger partial charge in [0.2, 0.25) is 11.8 Å². The van der Waals surface area contributed by atoms with Crippen LogP contribution >= 0.6 is 0 Å². The normalized spacial score (nSPS) is 10.5. The lowest BCUT2D eigenvalue weighted by molar-refractivity contribution is 0.284. The number of ether oxygens (including phenoxy) is 2. The van der Waals surface area contributed by atoms with Gasteiger partial charge in [-0.3, -0.25) is 0 Å². The lowest BCUT2D eigenvalue weighted by atomic mass is 10.5. The maximum Gasteiger partial charge on any atom is 0.331 e. The van der Waals surface area contributed by atoms with Crippen LogP contribution in [0.25, 0.3) is 0 Å². The highest BCUT2D eigenvalue weighted by molar-refractivity contribution is 5.24. The molecule has 0 aliphatic carbocycles. The molecule has 0 unspecified atom stereocenters. The van der Waals surface area contributed by atoms with Crippen molar-refractivity contribution in [3.63, 3.8) is 0 Å². The highest BCUT2D eigenvalue weighted by Gasteiger charge is 2.10. The zero-order valence-electron chi connectivity index (χ0n) is 11.1. The minimum absolute atomic E-state index is 0.0509. The van der Waals surface area contributed by atoms with Crippen LogP contribution in [0, 0.1) is 6.92 Å². The van der Waals surface area contributed by atoms with Gasteiger partial charge in [-0.05, 0) is 13.3 Å². The van der Waals surface area contributed by atoms with E-state index in [9.17, 15) is 0 Å². The van der Waals surface area contributed by atoms with E-state index in [2.05, 4.69) is 20.1 Å². The van der Waals surface area contributed by atoms with E-state index in [0.717, 1.165) is 12.1 Å². The van der Waals surface area contributed by atoms with E-state index in [1.165, 1.54) is 0 Å². The number of anilines is 1. The lowest BCUT2D eigenvalue weighted by Crippen LogP contribution is -2.06. The number of aromatic nitrogens is 5. The van der Waals surface area contributed by atoms with Crippen molar-refractivity contribution in [1.29, 1.82) is 0 Å². The van der Waals surface area contributed by atoms with Crippen LogP contribution in [0.15, 0.2) is 6.07 Å². The predicted octanol–water partition coefficient (Wildman–Crippen LogP) is 1.08. The van der Waals surface area contributed by atoms with Gasteiger partial charge in [0.05, 0.1) is 12.3 Å². The van der Waals surface area contributed by atoms with E-state index in [1.807, 2.05) is 13.8 Å². The molecule has 0 fully saturated rings. The third kappa shape index (κ3) is 3.30. The Balaban J connectivity index is 2.20. The summed E-state index contributed by atoms with van der Waals surface area (Å²) in [6, 6.07) is 2.01. The summed E-state index contributed by atoms with van der Waals surface area (Å²) in [5.41, 5.74) is 6.42. The molecule has 2 heterocycles. The molecule has 0 saturated carbocycles. The Bertz CT molecular complexity index is 568. The van der Waals surface area contributed by atoms with Gasteiger partial charge in [-0.2, -0.15) is 15.1 Å². The summed E-state index contributed by atoms with van der Waals surface area (Å²) < 4.78 is 12.4. The maximum atomic E-state index is 5.58. The van der Waals surface area contributed by atoms with Gasteiger partial charge in [0.15, 0.2) is 0 Å². The molecule has 0 atom stereocenters. The van der Waals surface area contributed by atoms with Crippen LogP contribution in [-0.2, 0) is 7.05 Å². The second kappa shape index (κ2) is 5.51. The fourth-order valence-electron chi connectivity index (χ4n) is 1.43. The number of aryl methyl sites for hydroxylation is 2. The van der Waals surface area contributed by atoms with Crippen molar-refractivity contribution in [2.45, 2.75) is 20.3 Å². The van der Waals surface area contributed by atoms with E-state index in [-0.39, 0.29) is 18.0 Å². The Morgan fingerprint density at radius 1 is 1.26 bits per heavy atom. The fourth-order valence-corrected chi connectivity index (χ4v) is 1.43. The number of nitrogens with two attached hydrogens (primary N) is 1. The quantitative estimate of drug-likeness (QED) is 0.862. The van der Waals surface area contributed by atoms with Crippen LogP contribution in [0.3, 0.4) is 0 Å². The third-order valence-electron chi connectivity index (χ3n) is 2.20. The average molecular weight is 264 g/mol. The minimum Gasteiger partial charge on any atom is -0.463 e. The summed E-state index contributed by atoms with van der Waals surface area (Å²) in [5, 5.41) is 4.16. The molecule has 0 aliphatic heterocycles. The van der Waals surface area contributed by atoms with Gasteiger partial charge in [0.25, 0.3) is 0 Å². The molecule has 0 bridgehead atoms.